The highest BCUT2D eigenvalue weighted by Gasteiger charge is 2.20. The van der Waals surface area contributed by atoms with E-state index in [1.165, 1.54) is 0 Å². The summed E-state index contributed by atoms with van der Waals surface area (Å²) in [5.41, 5.74) is 3.36. The Morgan fingerprint density at radius 1 is 0.793 bits per heavy atom. The second-order valence-electron chi connectivity index (χ2n) is 7.30. The molecule has 0 aliphatic carbocycles. The summed E-state index contributed by atoms with van der Waals surface area (Å²) in [6, 6.07) is 26.0. The molecule has 0 spiro atoms. The van der Waals surface area contributed by atoms with E-state index in [0.29, 0.717) is 11.5 Å². The number of nitrogens with one attached hydrogen (secondary N) is 2. The van der Waals surface area contributed by atoms with Crippen LogP contribution >= 0.6 is 0 Å². The number of benzene rings is 3. The first-order valence-electron chi connectivity index (χ1n) is 9.84. The van der Waals surface area contributed by atoms with Crippen molar-refractivity contribution in [2.75, 3.05) is 5.32 Å². The third-order valence-corrected chi connectivity index (χ3v) is 4.79. The molecule has 0 aromatic heterocycles. The number of rotatable bonds is 7. The molecule has 3 aromatic carbocycles. The van der Waals surface area contributed by atoms with Gasteiger partial charge in [0.05, 0.1) is 12.5 Å². The quantitative estimate of drug-likeness (QED) is 0.578. The van der Waals surface area contributed by atoms with E-state index >= 15 is 0 Å². The van der Waals surface area contributed by atoms with Crippen molar-refractivity contribution in [1.29, 1.82) is 0 Å². The van der Waals surface area contributed by atoms with Gasteiger partial charge in [0, 0.05) is 11.3 Å². The lowest BCUT2D eigenvalue weighted by atomic mass is 10.00. The van der Waals surface area contributed by atoms with Crippen LogP contribution in [0.4, 0.5) is 5.69 Å². The second-order valence-corrected chi connectivity index (χ2v) is 7.30. The molecule has 0 saturated carbocycles. The third kappa shape index (κ3) is 5.55. The minimum atomic E-state index is -0.421. The normalized spacial score (nSPS) is 11.7. The van der Waals surface area contributed by atoms with Crippen LogP contribution in [0.25, 0.3) is 0 Å². The third-order valence-electron chi connectivity index (χ3n) is 4.79. The van der Waals surface area contributed by atoms with Gasteiger partial charge in [-0.1, -0.05) is 80.6 Å². The van der Waals surface area contributed by atoms with Crippen LogP contribution in [-0.2, 0) is 4.79 Å². The highest BCUT2D eigenvalue weighted by molar-refractivity contribution is 5.96. The van der Waals surface area contributed by atoms with Crippen molar-refractivity contribution < 1.29 is 9.59 Å². The Morgan fingerprint density at radius 2 is 1.38 bits per heavy atom. The molecule has 0 fully saturated rings. The molecule has 0 unspecified atom stereocenters. The molecule has 1 atom stereocenters. The largest absolute Gasteiger partial charge is 0.345 e. The number of carbonyl (C=O) groups is 2. The number of para-hydroxylation sites is 1. The van der Waals surface area contributed by atoms with Crippen molar-refractivity contribution in [3.05, 3.63) is 102 Å². The second kappa shape index (κ2) is 9.69. The van der Waals surface area contributed by atoms with Crippen LogP contribution in [-0.4, -0.2) is 11.8 Å². The molecular formula is C25H26N2O2. The zero-order valence-corrected chi connectivity index (χ0v) is 16.8. The monoisotopic (exact) mass is 386 g/mol. The van der Waals surface area contributed by atoms with Gasteiger partial charge in [0.1, 0.15) is 0 Å². The van der Waals surface area contributed by atoms with E-state index in [-0.39, 0.29) is 18.2 Å². The molecule has 148 valence electrons. The van der Waals surface area contributed by atoms with E-state index in [4.69, 9.17) is 0 Å². The first kappa shape index (κ1) is 20.3. The molecule has 0 aliphatic heterocycles. The summed E-state index contributed by atoms with van der Waals surface area (Å²) < 4.78 is 0. The Morgan fingerprint density at radius 3 is 2.03 bits per heavy atom. The molecule has 3 rings (SSSR count). The van der Waals surface area contributed by atoms with E-state index in [1.807, 2.05) is 72.8 Å². The minimum Gasteiger partial charge on any atom is -0.345 e. The van der Waals surface area contributed by atoms with Gasteiger partial charge in [-0.25, -0.2) is 0 Å². The molecule has 4 nitrogen and oxygen atoms in total. The SMILES string of the molecule is CC(C)c1ccccc1NC(=O)C[C@H](NC(=O)c1ccccc1)c1ccccc1. The van der Waals surface area contributed by atoms with Crippen molar-refractivity contribution in [2.24, 2.45) is 0 Å². The lowest BCUT2D eigenvalue weighted by molar-refractivity contribution is -0.116. The maximum Gasteiger partial charge on any atom is 0.251 e. The first-order chi connectivity index (χ1) is 14.0. The summed E-state index contributed by atoms with van der Waals surface area (Å²) in [5.74, 6) is -0.0376. The number of carbonyl (C=O) groups excluding carboxylic acids is 2. The molecule has 2 N–H and O–H groups in total. The molecule has 0 bridgehead atoms. The summed E-state index contributed by atoms with van der Waals surface area (Å²) in [6.45, 7) is 4.19. The maximum absolute atomic E-state index is 12.8. The van der Waals surface area contributed by atoms with Crippen LogP contribution in [0.2, 0.25) is 0 Å². The molecule has 29 heavy (non-hydrogen) atoms. The Hall–Kier alpha value is -3.40. The van der Waals surface area contributed by atoms with Crippen LogP contribution in [0.15, 0.2) is 84.9 Å². The summed E-state index contributed by atoms with van der Waals surface area (Å²) >= 11 is 0. The molecular weight excluding hydrogens is 360 g/mol. The van der Waals surface area contributed by atoms with Gasteiger partial charge < -0.3 is 10.6 Å². The number of hydrogen-bond acceptors (Lipinski definition) is 2. The summed E-state index contributed by atoms with van der Waals surface area (Å²) in [4.78, 5) is 25.5. The molecule has 0 aliphatic rings. The number of amides is 2. The molecule has 3 aromatic rings. The molecule has 0 heterocycles. The van der Waals surface area contributed by atoms with E-state index in [1.54, 1.807) is 12.1 Å². The van der Waals surface area contributed by atoms with Crippen molar-refractivity contribution in [2.45, 2.75) is 32.2 Å². The van der Waals surface area contributed by atoms with Crippen LogP contribution < -0.4 is 10.6 Å². The Kier molecular flexibility index (Phi) is 6.80. The van der Waals surface area contributed by atoms with E-state index in [0.717, 1.165) is 16.8 Å². The summed E-state index contributed by atoms with van der Waals surface area (Å²) in [6.07, 6.45) is 0.148. The molecule has 0 saturated heterocycles. The zero-order chi connectivity index (χ0) is 20.6. The predicted molar refractivity (Wildman–Crippen MR) is 117 cm³/mol. The first-order valence-corrected chi connectivity index (χ1v) is 9.84. The zero-order valence-electron chi connectivity index (χ0n) is 16.8. The van der Waals surface area contributed by atoms with Gasteiger partial charge in [-0.05, 0) is 35.2 Å². The minimum absolute atomic E-state index is 0.139. The molecule has 0 radical (unpaired) electrons. The Bertz CT molecular complexity index is 953. The fraction of sp³-hybridized carbons (Fsp3) is 0.200. The number of hydrogen-bond donors (Lipinski definition) is 2. The van der Waals surface area contributed by atoms with Crippen LogP contribution in [0, 0.1) is 0 Å². The summed E-state index contributed by atoms with van der Waals surface area (Å²) in [5, 5.41) is 6.02. The van der Waals surface area contributed by atoms with Crippen molar-refractivity contribution in [1.82, 2.24) is 5.32 Å². The van der Waals surface area contributed by atoms with Crippen LogP contribution in [0.3, 0.4) is 0 Å². The van der Waals surface area contributed by atoms with Crippen molar-refractivity contribution in [3.8, 4) is 0 Å². The van der Waals surface area contributed by atoms with Crippen molar-refractivity contribution in [3.63, 3.8) is 0 Å². The van der Waals surface area contributed by atoms with Gasteiger partial charge in [0.15, 0.2) is 0 Å². The lowest BCUT2D eigenvalue weighted by Crippen LogP contribution is -2.31. The number of anilines is 1. The molecule has 4 heteroatoms. The van der Waals surface area contributed by atoms with E-state index in [9.17, 15) is 9.59 Å². The Balaban J connectivity index is 1.77. The van der Waals surface area contributed by atoms with E-state index < -0.39 is 6.04 Å². The van der Waals surface area contributed by atoms with Crippen LogP contribution in [0.1, 0.15) is 53.7 Å². The fourth-order valence-electron chi connectivity index (χ4n) is 3.27. The summed E-state index contributed by atoms with van der Waals surface area (Å²) in [7, 11) is 0. The lowest BCUT2D eigenvalue weighted by Gasteiger charge is -2.20. The highest BCUT2D eigenvalue weighted by atomic mass is 16.2. The van der Waals surface area contributed by atoms with Gasteiger partial charge in [-0.2, -0.15) is 0 Å². The average Bonchev–Trinajstić information content (AvgIpc) is 2.74. The van der Waals surface area contributed by atoms with Gasteiger partial charge in [-0.3, -0.25) is 9.59 Å². The van der Waals surface area contributed by atoms with Gasteiger partial charge in [-0.15, -0.1) is 0 Å². The fourth-order valence-corrected chi connectivity index (χ4v) is 3.27. The maximum atomic E-state index is 12.8. The van der Waals surface area contributed by atoms with E-state index in [2.05, 4.69) is 24.5 Å². The van der Waals surface area contributed by atoms with Gasteiger partial charge in [0.25, 0.3) is 5.91 Å². The standard InChI is InChI=1S/C25H26N2O2/c1-18(2)21-15-9-10-16-22(21)26-24(28)17-23(19-11-5-3-6-12-19)27-25(29)20-13-7-4-8-14-20/h3-16,18,23H,17H2,1-2H3,(H,26,28)(H,27,29)/t23-/m0/s1. The van der Waals surface area contributed by atoms with Gasteiger partial charge in [0.2, 0.25) is 5.91 Å². The molecule has 2 amide bonds. The Labute approximate surface area is 172 Å². The average molecular weight is 386 g/mol. The smallest absolute Gasteiger partial charge is 0.251 e. The topological polar surface area (TPSA) is 58.2 Å². The van der Waals surface area contributed by atoms with Crippen molar-refractivity contribution >= 4 is 17.5 Å². The predicted octanol–water partition coefficient (Wildman–Crippen LogP) is 5.31. The highest BCUT2D eigenvalue weighted by Crippen LogP contribution is 2.25. The van der Waals surface area contributed by atoms with Gasteiger partial charge >= 0.3 is 0 Å². The van der Waals surface area contributed by atoms with Crippen LogP contribution in [0.5, 0.6) is 0 Å².